The van der Waals surface area contributed by atoms with Crippen molar-refractivity contribution < 1.29 is 33.4 Å². The second kappa shape index (κ2) is 9.32. The van der Waals surface area contributed by atoms with E-state index in [4.69, 9.17) is 0 Å². The van der Waals surface area contributed by atoms with Gasteiger partial charge in [-0.2, -0.15) is 0 Å². The molecule has 0 aromatic rings. The van der Waals surface area contributed by atoms with Crippen LogP contribution in [0.15, 0.2) is 0 Å². The molecule has 0 spiro atoms. The first-order valence-corrected chi connectivity index (χ1v) is 4.68. The van der Waals surface area contributed by atoms with Gasteiger partial charge in [-0.25, -0.2) is 0 Å². The summed E-state index contributed by atoms with van der Waals surface area (Å²) in [6, 6.07) is 0. The average Bonchev–Trinajstić information content (AvgIpc) is 1.97. The molecule has 7 heteroatoms. The summed E-state index contributed by atoms with van der Waals surface area (Å²) < 4.78 is 12.9. The van der Waals surface area contributed by atoms with E-state index in [0.29, 0.717) is 0 Å². The molecule has 0 fully saturated rings. The molecule has 0 bridgehead atoms. The Morgan fingerprint density at radius 2 is 1.00 bits per heavy atom. The smallest absolute Gasteiger partial charge is 0.310 e. The predicted octanol–water partition coefficient (Wildman–Crippen LogP) is 0.555. The highest BCUT2D eigenvalue weighted by Gasteiger charge is 2.06. The zero-order valence-electron chi connectivity index (χ0n) is 10.4. The van der Waals surface area contributed by atoms with Crippen molar-refractivity contribution in [3.05, 3.63) is 0 Å². The van der Waals surface area contributed by atoms with E-state index in [1.807, 2.05) is 0 Å². The normalized spacial score (nSPS) is 8.59. The number of hydrogen-bond donors (Lipinski definition) is 0. The van der Waals surface area contributed by atoms with Crippen LogP contribution in [0.2, 0.25) is 0 Å². The van der Waals surface area contributed by atoms with Gasteiger partial charge in [0.25, 0.3) is 0 Å². The van der Waals surface area contributed by atoms with Crippen LogP contribution in [-0.4, -0.2) is 30.2 Å². The van der Waals surface area contributed by atoms with E-state index >= 15 is 0 Å². The van der Waals surface area contributed by atoms with Crippen molar-refractivity contribution in [3.8, 4) is 0 Å². The lowest BCUT2D eigenvalue weighted by Gasteiger charge is -2.10. The van der Waals surface area contributed by atoms with Crippen LogP contribution in [0.5, 0.6) is 0 Å². The fourth-order valence-corrected chi connectivity index (χ4v) is 0.694. The van der Waals surface area contributed by atoms with Gasteiger partial charge in [-0.1, -0.05) is 0 Å². The van der Waals surface area contributed by atoms with Crippen LogP contribution in [-0.2, 0) is 33.4 Å². The number of ether oxygens (including phenoxy) is 3. The predicted molar refractivity (Wildman–Crippen MR) is 55.4 cm³/mol. The molecule has 0 aromatic carbocycles. The molecule has 7 nitrogen and oxygen atoms in total. The van der Waals surface area contributed by atoms with E-state index in [1.54, 1.807) is 0 Å². The molecule has 0 aliphatic carbocycles. The minimum absolute atomic E-state index is 0.464. The zero-order chi connectivity index (χ0) is 14.0. The molecule has 0 rings (SSSR count). The molecule has 0 saturated heterocycles. The van der Waals surface area contributed by atoms with Gasteiger partial charge in [0.2, 0.25) is 6.29 Å². The van der Waals surface area contributed by atoms with Crippen LogP contribution in [0.4, 0.5) is 0 Å². The highest BCUT2D eigenvalue weighted by atomic mass is 16.7. The van der Waals surface area contributed by atoms with Gasteiger partial charge >= 0.3 is 23.9 Å². The van der Waals surface area contributed by atoms with Crippen molar-refractivity contribution in [1.29, 1.82) is 0 Å². The van der Waals surface area contributed by atoms with E-state index < -0.39 is 30.2 Å². The molecule has 0 N–H and O–H groups in total. The highest BCUT2D eigenvalue weighted by molar-refractivity contribution is 5.82. The quantitative estimate of drug-likeness (QED) is 0.400. The zero-order valence-corrected chi connectivity index (χ0v) is 10.4. The Kier molecular flexibility index (Phi) is 9.58. The van der Waals surface area contributed by atoms with Crippen LogP contribution in [0.25, 0.3) is 0 Å². The minimum Gasteiger partial charge on any atom is -0.426 e. The maximum absolute atomic E-state index is 10.2. The standard InChI is InChI=1S/C6H10O4.C4H6O3/c1-4(7)9-6(3)10-5(2)8;1-3(5)7-4(2)6/h6H,1-3H3;1-2H3. The van der Waals surface area contributed by atoms with Crippen LogP contribution in [0.1, 0.15) is 34.6 Å². The van der Waals surface area contributed by atoms with Crippen molar-refractivity contribution in [3.63, 3.8) is 0 Å². The first-order valence-electron chi connectivity index (χ1n) is 4.68. The molecule has 0 aliphatic heterocycles. The second-order valence-electron chi connectivity index (χ2n) is 2.87. The number of esters is 4. The van der Waals surface area contributed by atoms with Gasteiger partial charge in [0.15, 0.2) is 0 Å². The Bertz CT molecular complexity index is 267. The summed E-state index contributed by atoms with van der Waals surface area (Å²) in [5.74, 6) is -2.05. The van der Waals surface area contributed by atoms with Crippen molar-refractivity contribution in [2.45, 2.75) is 40.9 Å². The van der Waals surface area contributed by atoms with Crippen molar-refractivity contribution in [2.75, 3.05) is 0 Å². The van der Waals surface area contributed by atoms with Gasteiger partial charge in [-0.05, 0) is 0 Å². The second-order valence-corrected chi connectivity index (χ2v) is 2.87. The van der Waals surface area contributed by atoms with Crippen LogP contribution in [0.3, 0.4) is 0 Å². The minimum atomic E-state index is -0.782. The summed E-state index contributed by atoms with van der Waals surface area (Å²) >= 11 is 0. The van der Waals surface area contributed by atoms with Crippen LogP contribution < -0.4 is 0 Å². The van der Waals surface area contributed by atoms with Gasteiger partial charge in [0.05, 0.1) is 0 Å². The van der Waals surface area contributed by atoms with E-state index in [-0.39, 0.29) is 0 Å². The molecular formula is C10H16O7. The fourth-order valence-electron chi connectivity index (χ4n) is 0.694. The Labute approximate surface area is 99.0 Å². The summed E-state index contributed by atoms with van der Waals surface area (Å²) in [7, 11) is 0. The Balaban J connectivity index is 0. The third-order valence-electron chi connectivity index (χ3n) is 0.951. The molecule has 0 unspecified atom stereocenters. The molecular weight excluding hydrogens is 232 g/mol. The topological polar surface area (TPSA) is 96.0 Å². The lowest BCUT2D eigenvalue weighted by atomic mass is 10.7. The number of carbonyl (C=O) groups is 4. The van der Waals surface area contributed by atoms with Gasteiger partial charge in [-0.15, -0.1) is 0 Å². The third-order valence-corrected chi connectivity index (χ3v) is 0.951. The van der Waals surface area contributed by atoms with Crippen molar-refractivity contribution >= 4 is 23.9 Å². The number of carbonyl (C=O) groups excluding carboxylic acids is 4. The van der Waals surface area contributed by atoms with E-state index in [1.165, 1.54) is 34.6 Å². The fraction of sp³-hybridized carbons (Fsp3) is 0.600. The largest absolute Gasteiger partial charge is 0.426 e. The molecule has 0 aliphatic rings. The van der Waals surface area contributed by atoms with Crippen molar-refractivity contribution in [1.82, 2.24) is 0 Å². The first kappa shape index (κ1) is 17.5. The molecule has 0 amide bonds. The highest BCUT2D eigenvalue weighted by Crippen LogP contribution is 1.93. The van der Waals surface area contributed by atoms with Crippen LogP contribution >= 0.6 is 0 Å². The molecule has 17 heavy (non-hydrogen) atoms. The van der Waals surface area contributed by atoms with Gasteiger partial charge in [0, 0.05) is 34.6 Å². The van der Waals surface area contributed by atoms with Crippen molar-refractivity contribution in [2.24, 2.45) is 0 Å². The molecule has 0 atom stereocenters. The SMILES string of the molecule is CC(=O)OC(C)=O.CC(=O)OC(C)OC(C)=O. The maximum Gasteiger partial charge on any atom is 0.310 e. The van der Waals surface area contributed by atoms with E-state index in [0.717, 1.165) is 0 Å². The summed E-state index contributed by atoms with van der Waals surface area (Å²) in [6.45, 7) is 6.34. The summed E-state index contributed by atoms with van der Waals surface area (Å²) in [4.78, 5) is 40.1. The Morgan fingerprint density at radius 1 is 0.706 bits per heavy atom. The van der Waals surface area contributed by atoms with Gasteiger partial charge < -0.3 is 14.2 Å². The Hall–Kier alpha value is -1.92. The van der Waals surface area contributed by atoms with Crippen LogP contribution in [0, 0.1) is 0 Å². The molecule has 0 aromatic heterocycles. The van der Waals surface area contributed by atoms with E-state index in [2.05, 4.69) is 14.2 Å². The van der Waals surface area contributed by atoms with Gasteiger partial charge in [-0.3, -0.25) is 19.2 Å². The summed E-state index contributed by atoms with van der Waals surface area (Å²) in [5, 5.41) is 0. The van der Waals surface area contributed by atoms with E-state index in [9.17, 15) is 19.2 Å². The first-order chi connectivity index (χ1) is 7.65. The molecule has 0 radical (unpaired) electrons. The maximum atomic E-state index is 10.2. The average molecular weight is 248 g/mol. The lowest BCUT2D eigenvalue weighted by molar-refractivity contribution is -0.181. The summed E-state index contributed by atoms with van der Waals surface area (Å²) in [6.07, 6.45) is -0.782. The lowest BCUT2D eigenvalue weighted by Crippen LogP contribution is -2.18. The molecule has 98 valence electrons. The summed E-state index contributed by atoms with van der Waals surface area (Å²) in [5.41, 5.74) is 0. The Morgan fingerprint density at radius 3 is 1.12 bits per heavy atom. The number of hydrogen-bond acceptors (Lipinski definition) is 7. The number of rotatable bonds is 2. The third kappa shape index (κ3) is 20.2. The molecule has 0 saturated carbocycles. The monoisotopic (exact) mass is 248 g/mol. The van der Waals surface area contributed by atoms with Gasteiger partial charge in [0.1, 0.15) is 0 Å². The molecule has 0 heterocycles.